The highest BCUT2D eigenvalue weighted by molar-refractivity contribution is 5.84. The Morgan fingerprint density at radius 2 is 2.00 bits per heavy atom. The molecule has 4 saturated heterocycles. The molecule has 0 spiro atoms. The number of piperidine rings is 2. The lowest BCUT2D eigenvalue weighted by atomic mass is 9.91. The Bertz CT molecular complexity index is 356. The number of fused-ring (bicyclic) bond motifs is 6. The standard InChI is InChI=1S/C15H24N2O/c18-15-5-3-6-16-10-11-8-12(9-14(15)16)17-7-2-1-4-13(11)17/h11-14H,1-10H2/t11-,12+,13-,14+/m0/s1. The number of ketones is 1. The van der Waals surface area contributed by atoms with Gasteiger partial charge in [0.15, 0.2) is 0 Å². The van der Waals surface area contributed by atoms with Crippen molar-refractivity contribution in [2.75, 3.05) is 19.6 Å². The summed E-state index contributed by atoms with van der Waals surface area (Å²) in [5.41, 5.74) is 0. The van der Waals surface area contributed by atoms with E-state index in [9.17, 15) is 4.79 Å². The zero-order valence-electron chi connectivity index (χ0n) is 11.2. The number of nitrogens with zero attached hydrogens (tertiary/aromatic N) is 2. The molecule has 18 heavy (non-hydrogen) atoms. The second-order valence-electron chi connectivity index (χ2n) is 6.77. The summed E-state index contributed by atoms with van der Waals surface area (Å²) in [7, 11) is 0. The van der Waals surface area contributed by atoms with E-state index in [0.717, 1.165) is 37.3 Å². The summed E-state index contributed by atoms with van der Waals surface area (Å²) in [5, 5.41) is 0. The van der Waals surface area contributed by atoms with Crippen LogP contribution in [0.15, 0.2) is 0 Å². The smallest absolute Gasteiger partial charge is 0.150 e. The Kier molecular flexibility index (Phi) is 2.73. The number of rotatable bonds is 0. The molecular weight excluding hydrogens is 224 g/mol. The molecule has 4 heterocycles. The van der Waals surface area contributed by atoms with Gasteiger partial charge in [-0.1, -0.05) is 6.42 Å². The molecule has 4 atom stereocenters. The van der Waals surface area contributed by atoms with Crippen LogP contribution < -0.4 is 0 Å². The maximum atomic E-state index is 12.2. The monoisotopic (exact) mass is 248 g/mol. The zero-order valence-corrected chi connectivity index (χ0v) is 11.2. The summed E-state index contributed by atoms with van der Waals surface area (Å²) in [5.74, 6) is 1.38. The molecule has 0 aromatic carbocycles. The van der Waals surface area contributed by atoms with Crippen molar-refractivity contribution in [2.24, 2.45) is 5.92 Å². The van der Waals surface area contributed by atoms with Gasteiger partial charge >= 0.3 is 0 Å². The van der Waals surface area contributed by atoms with Crippen molar-refractivity contribution < 1.29 is 4.79 Å². The van der Waals surface area contributed by atoms with Gasteiger partial charge in [0.2, 0.25) is 0 Å². The number of hydrogen-bond acceptors (Lipinski definition) is 3. The van der Waals surface area contributed by atoms with Crippen molar-refractivity contribution in [3.63, 3.8) is 0 Å². The molecule has 3 nitrogen and oxygen atoms in total. The fourth-order valence-electron chi connectivity index (χ4n) is 5.05. The van der Waals surface area contributed by atoms with Crippen LogP contribution in [0.4, 0.5) is 0 Å². The Balaban J connectivity index is 1.60. The van der Waals surface area contributed by atoms with E-state index in [4.69, 9.17) is 0 Å². The van der Waals surface area contributed by atoms with Crippen molar-refractivity contribution in [1.29, 1.82) is 0 Å². The van der Waals surface area contributed by atoms with Crippen LogP contribution >= 0.6 is 0 Å². The summed E-state index contributed by atoms with van der Waals surface area (Å²) in [4.78, 5) is 17.5. The minimum Gasteiger partial charge on any atom is -0.298 e. The average molecular weight is 248 g/mol. The zero-order chi connectivity index (χ0) is 12.1. The molecule has 0 amide bonds. The van der Waals surface area contributed by atoms with Crippen LogP contribution in [0.2, 0.25) is 0 Å². The molecule has 3 heteroatoms. The first-order chi connectivity index (χ1) is 8.83. The Hall–Kier alpha value is -0.410. The number of hydrogen-bond donors (Lipinski definition) is 0. The first-order valence-electron chi connectivity index (χ1n) is 7.85. The van der Waals surface area contributed by atoms with E-state index in [0.29, 0.717) is 5.78 Å². The van der Waals surface area contributed by atoms with Crippen LogP contribution in [0.25, 0.3) is 0 Å². The van der Waals surface area contributed by atoms with E-state index in [-0.39, 0.29) is 6.04 Å². The van der Waals surface area contributed by atoms with Gasteiger partial charge in [-0.25, -0.2) is 0 Å². The molecule has 0 N–H and O–H groups in total. The molecule has 4 rings (SSSR count). The third kappa shape index (κ3) is 1.67. The van der Waals surface area contributed by atoms with E-state index >= 15 is 0 Å². The van der Waals surface area contributed by atoms with Crippen LogP contribution in [0.5, 0.6) is 0 Å². The lowest BCUT2D eigenvalue weighted by Gasteiger charge is -2.43. The van der Waals surface area contributed by atoms with Crippen molar-refractivity contribution in [1.82, 2.24) is 9.80 Å². The summed E-state index contributed by atoms with van der Waals surface area (Å²) in [6, 6.07) is 1.84. The van der Waals surface area contributed by atoms with Gasteiger partial charge in [-0.05, 0) is 51.1 Å². The molecule has 4 aliphatic heterocycles. The van der Waals surface area contributed by atoms with Gasteiger partial charge in [-0.3, -0.25) is 14.6 Å². The molecule has 4 fully saturated rings. The third-order valence-corrected chi connectivity index (χ3v) is 5.83. The normalized spacial score (nSPS) is 45.4. The highest BCUT2D eigenvalue weighted by Crippen LogP contribution is 2.42. The lowest BCUT2D eigenvalue weighted by molar-refractivity contribution is -0.128. The molecule has 0 aliphatic carbocycles. The lowest BCUT2D eigenvalue weighted by Crippen LogP contribution is -2.53. The van der Waals surface area contributed by atoms with E-state index in [1.165, 1.54) is 45.3 Å². The van der Waals surface area contributed by atoms with E-state index in [2.05, 4.69) is 9.80 Å². The summed E-state index contributed by atoms with van der Waals surface area (Å²) < 4.78 is 0. The van der Waals surface area contributed by atoms with E-state index in [1.807, 2.05) is 0 Å². The Morgan fingerprint density at radius 1 is 1.06 bits per heavy atom. The highest BCUT2D eigenvalue weighted by atomic mass is 16.1. The molecular formula is C15H24N2O. The maximum absolute atomic E-state index is 12.2. The van der Waals surface area contributed by atoms with Gasteiger partial charge in [-0.2, -0.15) is 0 Å². The fourth-order valence-corrected chi connectivity index (χ4v) is 5.05. The van der Waals surface area contributed by atoms with Gasteiger partial charge in [-0.15, -0.1) is 0 Å². The second-order valence-corrected chi connectivity index (χ2v) is 6.77. The van der Waals surface area contributed by atoms with Gasteiger partial charge in [0.05, 0.1) is 6.04 Å². The first-order valence-corrected chi connectivity index (χ1v) is 7.85. The SMILES string of the molecule is O=C1CCCN2C[C@@H]3C[C@H](C[C@H]12)N1CCCC[C@@H]31. The molecule has 0 aromatic rings. The molecule has 0 aromatic heterocycles. The molecule has 0 radical (unpaired) electrons. The molecule has 100 valence electrons. The number of carbonyl (C=O) groups is 1. The predicted molar refractivity (Wildman–Crippen MR) is 70.5 cm³/mol. The van der Waals surface area contributed by atoms with Gasteiger partial charge in [0.1, 0.15) is 5.78 Å². The molecule has 2 bridgehead atoms. The Morgan fingerprint density at radius 3 is 2.94 bits per heavy atom. The predicted octanol–water partition coefficient (Wildman–Crippen LogP) is 1.67. The quantitative estimate of drug-likeness (QED) is 0.651. The highest BCUT2D eigenvalue weighted by Gasteiger charge is 2.48. The van der Waals surface area contributed by atoms with Crippen molar-refractivity contribution in [2.45, 2.75) is 63.1 Å². The van der Waals surface area contributed by atoms with Crippen molar-refractivity contribution in [3.8, 4) is 0 Å². The summed E-state index contributed by atoms with van der Waals surface area (Å²) in [6.45, 7) is 3.67. The minimum atomic E-state index is 0.275. The molecule has 0 saturated carbocycles. The van der Waals surface area contributed by atoms with Crippen molar-refractivity contribution >= 4 is 5.78 Å². The maximum Gasteiger partial charge on any atom is 0.150 e. The number of carbonyl (C=O) groups excluding carboxylic acids is 1. The average Bonchev–Trinajstić information content (AvgIpc) is 2.59. The molecule has 4 aliphatic rings. The van der Waals surface area contributed by atoms with Crippen LogP contribution in [0.1, 0.15) is 44.9 Å². The summed E-state index contributed by atoms with van der Waals surface area (Å²) in [6.07, 6.45) is 8.64. The fraction of sp³-hybridized carbons (Fsp3) is 0.933. The van der Waals surface area contributed by atoms with Crippen LogP contribution in [0.3, 0.4) is 0 Å². The number of Topliss-reactive ketones (excluding diaryl/α,β-unsaturated/α-hetero) is 1. The largest absolute Gasteiger partial charge is 0.298 e. The topological polar surface area (TPSA) is 23.6 Å². The van der Waals surface area contributed by atoms with Crippen molar-refractivity contribution in [3.05, 3.63) is 0 Å². The van der Waals surface area contributed by atoms with Gasteiger partial charge in [0.25, 0.3) is 0 Å². The van der Waals surface area contributed by atoms with Crippen LogP contribution in [-0.4, -0.2) is 53.3 Å². The first kappa shape index (κ1) is 11.4. The third-order valence-electron chi connectivity index (χ3n) is 5.83. The summed E-state index contributed by atoms with van der Waals surface area (Å²) >= 11 is 0. The molecule has 0 unspecified atom stereocenters. The van der Waals surface area contributed by atoms with E-state index < -0.39 is 0 Å². The second kappa shape index (κ2) is 4.31. The van der Waals surface area contributed by atoms with Crippen LogP contribution in [0, 0.1) is 5.92 Å². The van der Waals surface area contributed by atoms with Gasteiger partial charge in [0, 0.05) is 25.0 Å². The van der Waals surface area contributed by atoms with Gasteiger partial charge < -0.3 is 0 Å². The minimum absolute atomic E-state index is 0.275. The Labute approximate surface area is 110 Å². The van der Waals surface area contributed by atoms with Crippen LogP contribution in [-0.2, 0) is 4.79 Å². The van der Waals surface area contributed by atoms with E-state index in [1.54, 1.807) is 0 Å².